The molecule has 2 aliphatic rings. The monoisotopic (exact) mass is 434 g/mol. The van der Waals surface area contributed by atoms with Gasteiger partial charge in [-0.3, -0.25) is 0 Å². The van der Waals surface area contributed by atoms with Crippen LogP contribution < -0.4 is 10.0 Å². The van der Waals surface area contributed by atoms with Gasteiger partial charge in [-0.05, 0) is 69.7 Å². The third-order valence-electron chi connectivity index (χ3n) is 4.52. The van der Waals surface area contributed by atoms with Crippen molar-refractivity contribution in [1.82, 2.24) is 10.0 Å². The van der Waals surface area contributed by atoms with E-state index in [2.05, 4.69) is 30.1 Å². The van der Waals surface area contributed by atoms with E-state index >= 15 is 0 Å². The molecule has 0 aromatic heterocycles. The van der Waals surface area contributed by atoms with Gasteiger partial charge in [-0.1, -0.05) is 53.4 Å². The summed E-state index contributed by atoms with van der Waals surface area (Å²) in [5, 5.41) is 4.73. The fourth-order valence-corrected chi connectivity index (χ4v) is 4.63. The molecule has 0 aliphatic heterocycles. The van der Waals surface area contributed by atoms with E-state index in [0.29, 0.717) is 26.0 Å². The number of benzene rings is 1. The zero-order valence-electron chi connectivity index (χ0n) is 15.4. The lowest BCUT2D eigenvalue weighted by Gasteiger charge is -2.22. The van der Waals surface area contributed by atoms with Gasteiger partial charge in [0.1, 0.15) is 6.29 Å². The minimum Gasteiger partial charge on any atom is -0.313 e. The van der Waals surface area contributed by atoms with Gasteiger partial charge in [-0.2, -0.15) is 0 Å². The molecular formula is C19H25Cl3N2OS. The van der Waals surface area contributed by atoms with Crippen LogP contribution in [0.5, 0.6) is 0 Å². The first-order valence-electron chi connectivity index (χ1n) is 8.59. The van der Waals surface area contributed by atoms with Crippen molar-refractivity contribution in [3.05, 3.63) is 38.8 Å². The van der Waals surface area contributed by atoms with E-state index in [4.69, 9.17) is 34.8 Å². The number of likely N-dealkylation sites (N-methyl/N-ethyl adjacent to an activating group) is 1. The SMILES string of the molecule is CC(C)(C=O)NSc1c(Cl)cc(Cl)cc1Cl.CNC1C=C2CC2CC1C. The lowest BCUT2D eigenvalue weighted by Crippen LogP contribution is -2.35. The molecule has 0 spiro atoms. The van der Waals surface area contributed by atoms with Crippen LogP contribution in [0.3, 0.4) is 0 Å². The van der Waals surface area contributed by atoms with Crippen LogP contribution in [-0.4, -0.2) is 24.9 Å². The van der Waals surface area contributed by atoms with Crippen molar-refractivity contribution in [3.8, 4) is 0 Å². The Balaban J connectivity index is 0.000000206. The van der Waals surface area contributed by atoms with E-state index < -0.39 is 5.54 Å². The van der Waals surface area contributed by atoms with Gasteiger partial charge in [-0.25, -0.2) is 4.72 Å². The average Bonchev–Trinajstić information content (AvgIpc) is 3.31. The van der Waals surface area contributed by atoms with Crippen molar-refractivity contribution in [2.75, 3.05) is 7.05 Å². The fraction of sp³-hybridized carbons (Fsp3) is 0.526. The van der Waals surface area contributed by atoms with Crippen LogP contribution in [-0.2, 0) is 4.79 Å². The molecule has 26 heavy (non-hydrogen) atoms. The molecule has 1 aromatic rings. The first kappa shape index (κ1) is 22.1. The summed E-state index contributed by atoms with van der Waals surface area (Å²) in [5.41, 5.74) is 1.06. The quantitative estimate of drug-likeness (QED) is 0.349. The van der Waals surface area contributed by atoms with Gasteiger partial charge in [0.2, 0.25) is 0 Å². The summed E-state index contributed by atoms with van der Waals surface area (Å²) >= 11 is 19.0. The predicted octanol–water partition coefficient (Wildman–Crippen LogP) is 5.78. The third-order valence-corrected chi connectivity index (χ3v) is 6.83. The van der Waals surface area contributed by atoms with E-state index in [1.54, 1.807) is 31.6 Å². The minimum atomic E-state index is -0.642. The number of hydrogen-bond donors (Lipinski definition) is 2. The number of allylic oxidation sites excluding steroid dienone is 1. The van der Waals surface area contributed by atoms with Crippen LogP contribution in [0, 0.1) is 11.8 Å². The Hall–Kier alpha value is -0.230. The van der Waals surface area contributed by atoms with Crippen LogP contribution in [0.25, 0.3) is 0 Å². The number of aldehydes is 1. The summed E-state index contributed by atoms with van der Waals surface area (Å²) in [5.74, 6) is 1.83. The summed E-state index contributed by atoms with van der Waals surface area (Å²) < 4.78 is 2.96. The molecule has 0 bridgehead atoms. The van der Waals surface area contributed by atoms with E-state index in [9.17, 15) is 4.79 Å². The Morgan fingerprint density at radius 3 is 2.38 bits per heavy atom. The highest BCUT2D eigenvalue weighted by molar-refractivity contribution is 7.97. The maximum absolute atomic E-state index is 10.7. The second-order valence-corrected chi connectivity index (χ2v) is 9.48. The van der Waals surface area contributed by atoms with E-state index in [1.165, 1.54) is 24.8 Å². The summed E-state index contributed by atoms with van der Waals surface area (Å²) in [6.45, 7) is 5.85. The Bertz CT molecular complexity index is 670. The number of nitrogens with one attached hydrogen (secondary N) is 2. The van der Waals surface area contributed by atoms with Gasteiger partial charge in [0.25, 0.3) is 0 Å². The summed E-state index contributed by atoms with van der Waals surface area (Å²) in [6.07, 6.45) is 6.05. The van der Waals surface area contributed by atoms with Crippen molar-refractivity contribution >= 4 is 53.0 Å². The lowest BCUT2D eigenvalue weighted by molar-refractivity contribution is -0.111. The van der Waals surface area contributed by atoms with Gasteiger partial charge >= 0.3 is 0 Å². The minimum absolute atomic E-state index is 0.455. The van der Waals surface area contributed by atoms with E-state index in [-0.39, 0.29) is 0 Å². The molecule has 0 amide bonds. The Morgan fingerprint density at radius 1 is 1.23 bits per heavy atom. The second kappa shape index (κ2) is 9.31. The average molecular weight is 436 g/mol. The molecule has 2 aliphatic carbocycles. The van der Waals surface area contributed by atoms with Crippen molar-refractivity contribution in [2.24, 2.45) is 11.8 Å². The first-order chi connectivity index (χ1) is 12.2. The van der Waals surface area contributed by atoms with Crippen LogP contribution >= 0.6 is 46.8 Å². The molecule has 1 saturated carbocycles. The molecule has 1 fully saturated rings. The number of hydrogen-bond acceptors (Lipinski definition) is 4. The van der Waals surface area contributed by atoms with Gasteiger partial charge in [-0.15, -0.1) is 0 Å². The van der Waals surface area contributed by atoms with Gasteiger partial charge in [0, 0.05) is 11.1 Å². The molecule has 3 atom stereocenters. The molecule has 3 nitrogen and oxygen atoms in total. The Morgan fingerprint density at radius 2 is 1.85 bits per heavy atom. The molecule has 144 valence electrons. The molecule has 0 radical (unpaired) electrons. The van der Waals surface area contributed by atoms with Crippen LogP contribution in [0.1, 0.15) is 33.6 Å². The number of halogens is 3. The van der Waals surface area contributed by atoms with Crippen LogP contribution in [0.2, 0.25) is 15.1 Å². The molecule has 3 rings (SSSR count). The molecular weight excluding hydrogens is 411 g/mol. The molecule has 3 unspecified atom stereocenters. The molecule has 7 heteroatoms. The highest BCUT2D eigenvalue weighted by Gasteiger charge is 2.37. The van der Waals surface area contributed by atoms with Crippen LogP contribution in [0.15, 0.2) is 28.7 Å². The fourth-order valence-electron chi connectivity index (χ4n) is 2.86. The molecule has 0 saturated heterocycles. The van der Waals surface area contributed by atoms with E-state index in [1.807, 2.05) is 0 Å². The van der Waals surface area contributed by atoms with Crippen LogP contribution in [0.4, 0.5) is 0 Å². The number of fused-ring (bicyclic) bond motifs is 1. The third kappa shape index (κ3) is 6.15. The Labute approximate surface area is 175 Å². The maximum Gasteiger partial charge on any atom is 0.140 e. The normalized spacial score (nSPS) is 24.1. The largest absolute Gasteiger partial charge is 0.313 e. The molecule has 0 heterocycles. The summed E-state index contributed by atoms with van der Waals surface area (Å²) in [6, 6.07) is 3.87. The van der Waals surface area contributed by atoms with Gasteiger partial charge < -0.3 is 10.1 Å². The predicted molar refractivity (Wildman–Crippen MR) is 113 cm³/mol. The number of carbonyl (C=O) groups is 1. The number of carbonyl (C=O) groups excluding carboxylic acids is 1. The lowest BCUT2D eigenvalue weighted by atomic mass is 9.91. The maximum atomic E-state index is 10.7. The van der Waals surface area contributed by atoms with Crippen molar-refractivity contribution in [3.63, 3.8) is 0 Å². The number of rotatable bonds is 5. The summed E-state index contributed by atoms with van der Waals surface area (Å²) in [7, 11) is 2.06. The zero-order valence-corrected chi connectivity index (χ0v) is 18.5. The topological polar surface area (TPSA) is 41.1 Å². The highest BCUT2D eigenvalue weighted by atomic mass is 35.5. The van der Waals surface area contributed by atoms with Gasteiger partial charge in [0.15, 0.2) is 0 Å². The van der Waals surface area contributed by atoms with E-state index in [0.717, 1.165) is 18.1 Å². The zero-order chi connectivity index (χ0) is 19.5. The van der Waals surface area contributed by atoms with Crippen molar-refractivity contribution < 1.29 is 4.79 Å². The standard InChI is InChI=1S/C10H10Cl3NOS.C9H15N/c1-10(2,5-15)14-16-9-7(12)3-6(11)4-8(9)13;1-6-3-7-4-8(7)5-9(6)10-2/h3-5,14H,1-2H3;5-7,9-10H,3-4H2,1-2H3. The van der Waals surface area contributed by atoms with Crippen molar-refractivity contribution in [1.29, 1.82) is 0 Å². The molecule has 2 N–H and O–H groups in total. The molecule has 1 aromatic carbocycles. The van der Waals surface area contributed by atoms with Crippen molar-refractivity contribution in [2.45, 2.75) is 50.1 Å². The van der Waals surface area contributed by atoms with Gasteiger partial charge in [0.05, 0.1) is 20.5 Å². The second-order valence-electron chi connectivity index (χ2n) is 7.41. The highest BCUT2D eigenvalue weighted by Crippen LogP contribution is 2.46. The first-order valence-corrected chi connectivity index (χ1v) is 10.5. The smallest absolute Gasteiger partial charge is 0.140 e. The Kier molecular flexibility index (Phi) is 7.90. The summed E-state index contributed by atoms with van der Waals surface area (Å²) in [4.78, 5) is 11.4.